The van der Waals surface area contributed by atoms with Crippen molar-refractivity contribution in [2.75, 3.05) is 37.2 Å². The predicted molar refractivity (Wildman–Crippen MR) is 136 cm³/mol. The Balaban J connectivity index is 1.28. The van der Waals surface area contributed by atoms with Gasteiger partial charge in [-0.2, -0.15) is 0 Å². The molecule has 1 fully saturated rings. The fourth-order valence-corrected chi connectivity index (χ4v) is 4.80. The number of hydrogen-bond acceptors (Lipinski definition) is 5. The lowest BCUT2D eigenvalue weighted by molar-refractivity contribution is -0.0281. The number of nitrogens with zero attached hydrogens (tertiary/aromatic N) is 1. The highest BCUT2D eigenvalue weighted by molar-refractivity contribution is 7.92. The molecule has 0 radical (unpaired) electrons. The van der Waals surface area contributed by atoms with Crippen LogP contribution in [0.25, 0.3) is 0 Å². The number of piperidine rings is 1. The zero-order valence-electron chi connectivity index (χ0n) is 19.5. The normalized spacial score (nSPS) is 15.4. The highest BCUT2D eigenvalue weighted by atomic mass is 32.2. The van der Waals surface area contributed by atoms with Crippen molar-refractivity contribution in [2.24, 2.45) is 0 Å². The summed E-state index contributed by atoms with van der Waals surface area (Å²) in [5.74, 6) is 0.541. The van der Waals surface area contributed by atoms with Gasteiger partial charge in [0.2, 0.25) is 10.0 Å². The highest BCUT2D eigenvalue weighted by Gasteiger charge is 2.24. The molecule has 0 amide bonds. The van der Waals surface area contributed by atoms with E-state index in [0.29, 0.717) is 18.0 Å². The second kappa shape index (κ2) is 11.5. The lowest BCUT2D eigenvalue weighted by Crippen LogP contribution is -2.39. The molecule has 0 unspecified atom stereocenters. The van der Waals surface area contributed by atoms with Crippen LogP contribution in [0.1, 0.15) is 30.1 Å². The standard InChI is InChI=1S/C27H32N2O4S/c1-34(30,31)28-25-14-8-9-15-26(25)32-21-20-29-18-16-24(17-19-29)33-27(22-10-4-2-5-11-22)23-12-6-3-7-13-23/h2-15,24,27-28H,16-21H2,1H3. The van der Waals surface area contributed by atoms with Gasteiger partial charge in [0.1, 0.15) is 18.5 Å². The van der Waals surface area contributed by atoms with Crippen molar-refractivity contribution in [1.82, 2.24) is 4.90 Å². The van der Waals surface area contributed by atoms with Crippen molar-refractivity contribution in [3.8, 4) is 5.75 Å². The van der Waals surface area contributed by atoms with Crippen LogP contribution in [0.5, 0.6) is 5.75 Å². The van der Waals surface area contributed by atoms with Crippen LogP contribution in [0, 0.1) is 0 Å². The van der Waals surface area contributed by atoms with E-state index in [1.807, 2.05) is 18.2 Å². The molecule has 7 heteroatoms. The van der Waals surface area contributed by atoms with Crippen molar-refractivity contribution in [1.29, 1.82) is 0 Å². The third kappa shape index (κ3) is 7.06. The van der Waals surface area contributed by atoms with Gasteiger partial charge in [-0.1, -0.05) is 72.8 Å². The van der Waals surface area contributed by atoms with E-state index in [0.717, 1.165) is 38.7 Å². The summed E-state index contributed by atoms with van der Waals surface area (Å²) < 4.78 is 38.2. The van der Waals surface area contributed by atoms with Gasteiger partial charge in [0, 0.05) is 19.6 Å². The Labute approximate surface area is 202 Å². The molecule has 3 aromatic carbocycles. The lowest BCUT2D eigenvalue weighted by atomic mass is 10.00. The third-order valence-electron chi connectivity index (χ3n) is 5.92. The first-order valence-corrected chi connectivity index (χ1v) is 13.5. The molecule has 1 heterocycles. The van der Waals surface area contributed by atoms with Crippen molar-refractivity contribution >= 4 is 15.7 Å². The Hall–Kier alpha value is -2.87. The van der Waals surface area contributed by atoms with Crippen LogP contribution >= 0.6 is 0 Å². The second-order valence-electron chi connectivity index (χ2n) is 8.60. The van der Waals surface area contributed by atoms with Gasteiger partial charge in [-0.3, -0.25) is 9.62 Å². The number of para-hydroxylation sites is 2. The van der Waals surface area contributed by atoms with Gasteiger partial charge < -0.3 is 9.47 Å². The maximum atomic E-state index is 11.6. The average molecular weight is 481 g/mol. The average Bonchev–Trinajstić information content (AvgIpc) is 2.85. The van der Waals surface area contributed by atoms with Crippen molar-refractivity contribution in [3.05, 3.63) is 96.1 Å². The largest absolute Gasteiger partial charge is 0.490 e. The first kappa shape index (κ1) is 24.3. The van der Waals surface area contributed by atoms with Crippen LogP contribution in [-0.4, -0.2) is 51.9 Å². The summed E-state index contributed by atoms with van der Waals surface area (Å²) >= 11 is 0. The molecule has 0 saturated carbocycles. The van der Waals surface area contributed by atoms with Crippen LogP contribution in [-0.2, 0) is 14.8 Å². The topological polar surface area (TPSA) is 67.9 Å². The quantitative estimate of drug-likeness (QED) is 0.455. The number of sulfonamides is 1. The number of likely N-dealkylation sites (tertiary alicyclic amines) is 1. The Morgan fingerprint density at radius 2 is 1.44 bits per heavy atom. The number of ether oxygens (including phenoxy) is 2. The van der Waals surface area contributed by atoms with E-state index >= 15 is 0 Å². The summed E-state index contributed by atoms with van der Waals surface area (Å²) in [6.07, 6.45) is 3.18. The van der Waals surface area contributed by atoms with E-state index < -0.39 is 10.0 Å². The fraction of sp³-hybridized carbons (Fsp3) is 0.333. The summed E-state index contributed by atoms with van der Waals surface area (Å²) in [5, 5.41) is 0. The number of rotatable bonds is 10. The van der Waals surface area contributed by atoms with E-state index in [9.17, 15) is 8.42 Å². The first-order valence-electron chi connectivity index (χ1n) is 11.7. The summed E-state index contributed by atoms with van der Waals surface area (Å²) in [6, 6.07) is 27.9. The Morgan fingerprint density at radius 1 is 0.882 bits per heavy atom. The fourth-order valence-electron chi connectivity index (χ4n) is 4.23. The zero-order chi connectivity index (χ0) is 23.8. The Kier molecular flexibility index (Phi) is 8.21. The molecule has 0 spiro atoms. The van der Waals surface area contributed by atoms with Crippen molar-refractivity contribution < 1.29 is 17.9 Å². The van der Waals surface area contributed by atoms with Crippen LogP contribution < -0.4 is 9.46 Å². The van der Waals surface area contributed by atoms with Gasteiger partial charge in [0.15, 0.2) is 0 Å². The summed E-state index contributed by atoms with van der Waals surface area (Å²) in [4.78, 5) is 2.37. The van der Waals surface area contributed by atoms with Gasteiger partial charge in [0.25, 0.3) is 0 Å². The van der Waals surface area contributed by atoms with Gasteiger partial charge in [-0.25, -0.2) is 8.42 Å². The molecule has 1 aliphatic rings. The van der Waals surface area contributed by atoms with Gasteiger partial charge >= 0.3 is 0 Å². The maximum absolute atomic E-state index is 11.6. The number of nitrogens with one attached hydrogen (secondary N) is 1. The molecule has 4 rings (SSSR count). The van der Waals surface area contributed by atoms with Crippen LogP contribution in [0.4, 0.5) is 5.69 Å². The van der Waals surface area contributed by atoms with Gasteiger partial charge in [-0.05, 0) is 36.1 Å². The zero-order valence-corrected chi connectivity index (χ0v) is 20.3. The highest BCUT2D eigenvalue weighted by Crippen LogP contribution is 2.30. The maximum Gasteiger partial charge on any atom is 0.229 e. The third-order valence-corrected chi connectivity index (χ3v) is 6.51. The van der Waals surface area contributed by atoms with Gasteiger partial charge in [-0.15, -0.1) is 0 Å². The van der Waals surface area contributed by atoms with Crippen molar-refractivity contribution in [3.63, 3.8) is 0 Å². The Morgan fingerprint density at radius 3 is 2.03 bits per heavy atom. The molecule has 0 bridgehead atoms. The molecular formula is C27H32N2O4S. The monoisotopic (exact) mass is 480 g/mol. The molecule has 1 aliphatic heterocycles. The minimum absolute atomic E-state index is 0.0684. The molecule has 34 heavy (non-hydrogen) atoms. The van der Waals surface area contributed by atoms with E-state index in [1.54, 1.807) is 18.2 Å². The van der Waals surface area contributed by atoms with E-state index in [1.165, 1.54) is 11.1 Å². The molecule has 0 aliphatic carbocycles. The van der Waals surface area contributed by atoms with Crippen LogP contribution in [0.2, 0.25) is 0 Å². The molecule has 0 aromatic heterocycles. The van der Waals surface area contributed by atoms with Crippen LogP contribution in [0.15, 0.2) is 84.9 Å². The lowest BCUT2D eigenvalue weighted by Gasteiger charge is -2.34. The van der Waals surface area contributed by atoms with E-state index in [2.05, 4.69) is 58.2 Å². The number of hydrogen-bond donors (Lipinski definition) is 1. The van der Waals surface area contributed by atoms with Crippen LogP contribution in [0.3, 0.4) is 0 Å². The van der Waals surface area contributed by atoms with E-state index in [4.69, 9.17) is 9.47 Å². The minimum Gasteiger partial charge on any atom is -0.490 e. The summed E-state index contributed by atoms with van der Waals surface area (Å²) in [7, 11) is -3.36. The number of anilines is 1. The predicted octanol–water partition coefficient (Wildman–Crippen LogP) is 4.71. The molecule has 6 nitrogen and oxygen atoms in total. The molecular weight excluding hydrogens is 448 g/mol. The second-order valence-corrected chi connectivity index (χ2v) is 10.3. The van der Waals surface area contributed by atoms with E-state index in [-0.39, 0.29) is 12.2 Å². The van der Waals surface area contributed by atoms with Crippen molar-refractivity contribution in [2.45, 2.75) is 25.0 Å². The summed E-state index contributed by atoms with van der Waals surface area (Å²) in [6.45, 7) is 3.15. The van der Waals surface area contributed by atoms with Gasteiger partial charge in [0.05, 0.1) is 18.0 Å². The number of benzene rings is 3. The SMILES string of the molecule is CS(=O)(=O)Nc1ccccc1OCCN1CCC(OC(c2ccccc2)c2ccccc2)CC1. The molecule has 180 valence electrons. The minimum atomic E-state index is -3.36. The molecule has 0 atom stereocenters. The Bertz CT molecular complexity index is 1090. The first-order chi connectivity index (χ1) is 16.5. The molecule has 1 N–H and O–H groups in total. The smallest absolute Gasteiger partial charge is 0.229 e. The summed E-state index contributed by atoms with van der Waals surface area (Å²) in [5.41, 5.74) is 2.81. The molecule has 1 saturated heterocycles. The molecule has 3 aromatic rings.